The van der Waals surface area contributed by atoms with E-state index in [9.17, 15) is 26.7 Å². The van der Waals surface area contributed by atoms with Gasteiger partial charge in [-0.2, -0.15) is 13.2 Å². The number of carboxylic acids is 1. The number of aliphatic carboxylic acids is 1. The summed E-state index contributed by atoms with van der Waals surface area (Å²) in [6, 6.07) is 7.26. The number of nitrogens with zero attached hydrogens (tertiary/aromatic N) is 1. The van der Waals surface area contributed by atoms with E-state index < -0.39 is 27.7 Å². The van der Waals surface area contributed by atoms with Crippen LogP contribution in [0.3, 0.4) is 0 Å². The lowest BCUT2D eigenvalue weighted by Gasteiger charge is -2.22. The van der Waals surface area contributed by atoms with Gasteiger partial charge in [0, 0.05) is 27.7 Å². The lowest BCUT2D eigenvalue weighted by molar-refractivity contribution is -0.192. The SMILES string of the molecule is Cc1cc2c(-c3ccc(S(=O)(=O)NC(C)(C)CO)s3)ccnc2[nH]1.O=C(O)C(F)(F)F. The van der Waals surface area contributed by atoms with Crippen LogP contribution in [0.15, 0.2) is 34.7 Å². The zero-order chi connectivity index (χ0) is 23.6. The van der Waals surface area contributed by atoms with Crippen LogP contribution >= 0.6 is 11.3 Å². The van der Waals surface area contributed by atoms with Crippen molar-refractivity contribution in [1.29, 1.82) is 0 Å². The number of H-pyrrole nitrogens is 1. The van der Waals surface area contributed by atoms with Gasteiger partial charge in [0.05, 0.1) is 12.1 Å². The molecule has 170 valence electrons. The van der Waals surface area contributed by atoms with Crippen molar-refractivity contribution in [3.63, 3.8) is 0 Å². The number of sulfonamides is 1. The number of aryl methyl sites for hydroxylation is 1. The van der Waals surface area contributed by atoms with E-state index in [0.717, 1.165) is 27.2 Å². The number of hydrogen-bond donors (Lipinski definition) is 4. The van der Waals surface area contributed by atoms with Gasteiger partial charge in [-0.05, 0) is 45.0 Å². The Bertz CT molecular complexity index is 1180. The van der Waals surface area contributed by atoms with E-state index in [4.69, 9.17) is 9.90 Å². The Kier molecular flexibility index (Phi) is 7.15. The highest BCUT2D eigenvalue weighted by Gasteiger charge is 2.38. The molecule has 0 spiro atoms. The number of nitrogens with one attached hydrogen (secondary N) is 2. The molecule has 31 heavy (non-hydrogen) atoms. The molecule has 0 aliphatic rings. The minimum Gasteiger partial charge on any atom is -0.475 e. The fourth-order valence-electron chi connectivity index (χ4n) is 2.43. The third-order valence-electron chi connectivity index (χ3n) is 3.83. The Morgan fingerprint density at radius 3 is 2.42 bits per heavy atom. The van der Waals surface area contributed by atoms with Gasteiger partial charge in [-0.3, -0.25) is 0 Å². The van der Waals surface area contributed by atoms with Crippen LogP contribution in [0.2, 0.25) is 0 Å². The van der Waals surface area contributed by atoms with Gasteiger partial charge >= 0.3 is 12.1 Å². The third kappa shape index (κ3) is 6.26. The van der Waals surface area contributed by atoms with Crippen LogP contribution in [0.25, 0.3) is 21.5 Å². The second-order valence-electron chi connectivity index (χ2n) is 7.14. The van der Waals surface area contributed by atoms with Crippen molar-refractivity contribution >= 4 is 38.4 Å². The minimum absolute atomic E-state index is 0.219. The Labute approximate surface area is 179 Å². The van der Waals surface area contributed by atoms with Gasteiger partial charge in [-0.15, -0.1) is 11.3 Å². The molecule has 0 saturated heterocycles. The Morgan fingerprint density at radius 1 is 1.26 bits per heavy atom. The molecule has 0 fully saturated rings. The molecule has 0 radical (unpaired) electrons. The number of thiophene rings is 1. The third-order valence-corrected chi connectivity index (χ3v) is 7.14. The first-order chi connectivity index (χ1) is 14.2. The summed E-state index contributed by atoms with van der Waals surface area (Å²) >= 11 is 1.19. The molecule has 3 heterocycles. The minimum atomic E-state index is -5.08. The maximum atomic E-state index is 12.5. The van der Waals surface area contributed by atoms with Crippen molar-refractivity contribution in [1.82, 2.24) is 14.7 Å². The number of aliphatic hydroxyl groups excluding tert-OH is 1. The second kappa shape index (κ2) is 8.94. The Hall–Kier alpha value is -2.48. The Balaban J connectivity index is 0.000000423. The number of aliphatic hydroxyl groups is 1. The van der Waals surface area contributed by atoms with Crippen molar-refractivity contribution in [2.45, 2.75) is 36.7 Å². The summed E-state index contributed by atoms with van der Waals surface area (Å²) in [6.45, 7) is 4.94. The van der Waals surface area contributed by atoms with Crippen molar-refractivity contribution in [3.05, 3.63) is 36.2 Å². The van der Waals surface area contributed by atoms with Crippen molar-refractivity contribution < 1.29 is 36.6 Å². The summed E-state index contributed by atoms with van der Waals surface area (Å²) < 4.78 is 59.5. The number of alkyl halides is 3. The van der Waals surface area contributed by atoms with Crippen LogP contribution < -0.4 is 4.72 Å². The summed E-state index contributed by atoms with van der Waals surface area (Å²) in [5.41, 5.74) is 1.81. The van der Waals surface area contributed by atoms with Gasteiger partial charge in [0.25, 0.3) is 10.0 Å². The number of fused-ring (bicyclic) bond motifs is 1. The summed E-state index contributed by atoms with van der Waals surface area (Å²) in [7, 11) is -3.68. The van der Waals surface area contributed by atoms with Crippen LogP contribution in [0.4, 0.5) is 13.2 Å². The molecule has 3 aromatic rings. The highest BCUT2D eigenvalue weighted by Crippen LogP contribution is 2.35. The molecule has 13 heteroatoms. The van der Waals surface area contributed by atoms with E-state index in [2.05, 4.69) is 14.7 Å². The summed E-state index contributed by atoms with van der Waals surface area (Å²) in [6.07, 6.45) is -3.38. The first-order valence-corrected chi connectivity index (χ1v) is 11.0. The molecule has 0 saturated carbocycles. The number of carboxylic acid groups (broad SMARTS) is 1. The van der Waals surface area contributed by atoms with Crippen LogP contribution in [-0.4, -0.2) is 52.9 Å². The molecule has 0 unspecified atom stereocenters. The lowest BCUT2D eigenvalue weighted by Crippen LogP contribution is -2.45. The maximum Gasteiger partial charge on any atom is 0.490 e. The number of carbonyl (C=O) groups is 1. The van der Waals surface area contributed by atoms with E-state index in [-0.39, 0.29) is 10.8 Å². The first-order valence-electron chi connectivity index (χ1n) is 8.66. The number of aromatic nitrogens is 2. The molecule has 3 aromatic heterocycles. The van der Waals surface area contributed by atoms with E-state index >= 15 is 0 Å². The summed E-state index contributed by atoms with van der Waals surface area (Å²) in [5.74, 6) is -2.76. The van der Waals surface area contributed by atoms with Gasteiger partial charge in [-0.1, -0.05) is 0 Å². The van der Waals surface area contributed by atoms with E-state index in [1.165, 1.54) is 11.3 Å². The van der Waals surface area contributed by atoms with Crippen molar-refractivity contribution in [2.24, 2.45) is 0 Å². The molecule has 3 rings (SSSR count). The quantitative estimate of drug-likeness (QED) is 0.444. The van der Waals surface area contributed by atoms with E-state index in [0.29, 0.717) is 0 Å². The van der Waals surface area contributed by atoms with Crippen molar-refractivity contribution in [3.8, 4) is 10.4 Å². The zero-order valence-corrected chi connectivity index (χ0v) is 18.2. The molecule has 8 nitrogen and oxygen atoms in total. The van der Waals surface area contributed by atoms with E-state index in [1.807, 2.05) is 19.1 Å². The second-order valence-corrected chi connectivity index (χ2v) is 10.1. The molecule has 0 atom stereocenters. The van der Waals surface area contributed by atoms with Crippen LogP contribution in [0.1, 0.15) is 19.5 Å². The van der Waals surface area contributed by atoms with Crippen LogP contribution in [-0.2, 0) is 14.8 Å². The topological polar surface area (TPSA) is 132 Å². The summed E-state index contributed by atoms with van der Waals surface area (Å²) in [4.78, 5) is 17.2. The molecule has 0 amide bonds. The number of pyridine rings is 1. The molecule has 0 aliphatic heterocycles. The molecule has 0 aromatic carbocycles. The number of hydrogen-bond acceptors (Lipinski definition) is 6. The van der Waals surface area contributed by atoms with Gasteiger partial charge in [0.2, 0.25) is 0 Å². The summed E-state index contributed by atoms with van der Waals surface area (Å²) in [5, 5.41) is 17.4. The number of rotatable bonds is 5. The smallest absolute Gasteiger partial charge is 0.475 e. The zero-order valence-electron chi connectivity index (χ0n) is 16.6. The highest BCUT2D eigenvalue weighted by molar-refractivity contribution is 7.91. The predicted octanol–water partition coefficient (Wildman–Crippen LogP) is 3.28. The lowest BCUT2D eigenvalue weighted by atomic mass is 10.1. The van der Waals surface area contributed by atoms with Crippen molar-refractivity contribution in [2.75, 3.05) is 6.61 Å². The molecule has 0 bridgehead atoms. The van der Waals surface area contributed by atoms with Crippen LogP contribution in [0.5, 0.6) is 0 Å². The Morgan fingerprint density at radius 2 is 1.87 bits per heavy atom. The predicted molar refractivity (Wildman–Crippen MR) is 109 cm³/mol. The van der Waals surface area contributed by atoms with Gasteiger partial charge in [0.1, 0.15) is 9.86 Å². The monoisotopic (exact) mass is 479 g/mol. The first kappa shape index (κ1) is 24.8. The van der Waals surface area contributed by atoms with E-state index in [1.54, 1.807) is 32.2 Å². The molecular formula is C18H20F3N3O5S2. The fourth-order valence-corrected chi connectivity index (χ4v) is 5.18. The average Bonchev–Trinajstić information content (AvgIpc) is 3.26. The average molecular weight is 480 g/mol. The highest BCUT2D eigenvalue weighted by atomic mass is 32.2. The number of aromatic amines is 1. The van der Waals surface area contributed by atoms with Gasteiger partial charge in [0.15, 0.2) is 0 Å². The van der Waals surface area contributed by atoms with Gasteiger partial charge in [-0.25, -0.2) is 22.9 Å². The molecular weight excluding hydrogens is 459 g/mol. The maximum absolute atomic E-state index is 12.5. The standard InChI is InChI=1S/C16H19N3O3S2.C2HF3O2/c1-10-8-12-11(6-7-17-15(12)18-10)13-4-5-14(23-13)24(21,22)19-16(2,3)9-20;3-2(4,5)1(6)7/h4-8,19-20H,9H2,1-3H3,(H,17,18);(H,6,7). The fraction of sp³-hybridized carbons (Fsp3) is 0.333. The van der Waals surface area contributed by atoms with Crippen LogP contribution in [0, 0.1) is 6.92 Å². The largest absolute Gasteiger partial charge is 0.490 e. The number of halogens is 3. The normalized spacial score (nSPS) is 12.5. The molecule has 4 N–H and O–H groups in total. The van der Waals surface area contributed by atoms with Gasteiger partial charge < -0.3 is 15.2 Å². The molecule has 0 aliphatic carbocycles.